The van der Waals surface area contributed by atoms with E-state index in [1.165, 1.54) is 89.9 Å². The summed E-state index contributed by atoms with van der Waals surface area (Å²) in [6.07, 6.45) is 24.8. The summed E-state index contributed by atoms with van der Waals surface area (Å²) in [5, 5.41) is 0. The first kappa shape index (κ1) is 22.3. The number of ether oxygens (including phenoxy) is 1. The van der Waals surface area contributed by atoms with E-state index in [-0.39, 0.29) is 5.54 Å². The molecule has 0 bridgehead atoms. The van der Waals surface area contributed by atoms with Crippen LogP contribution < -0.4 is 0 Å². The van der Waals surface area contributed by atoms with Crippen LogP contribution in [0.3, 0.4) is 0 Å². The van der Waals surface area contributed by atoms with Crippen molar-refractivity contribution in [2.24, 2.45) is 4.99 Å². The zero-order valence-electron chi connectivity index (χ0n) is 17.3. The van der Waals surface area contributed by atoms with Crippen LogP contribution in [0.1, 0.15) is 117 Å². The van der Waals surface area contributed by atoms with E-state index in [1.54, 1.807) is 0 Å². The Bertz CT molecular complexity index is 370. The molecule has 0 fully saturated rings. The molecule has 25 heavy (non-hydrogen) atoms. The maximum absolute atomic E-state index is 5.64. The predicted molar refractivity (Wildman–Crippen MR) is 112 cm³/mol. The lowest BCUT2D eigenvalue weighted by atomic mass is 10.1. The Morgan fingerprint density at radius 1 is 0.800 bits per heavy atom. The van der Waals surface area contributed by atoms with Crippen molar-refractivity contribution in [1.29, 1.82) is 0 Å². The summed E-state index contributed by atoms with van der Waals surface area (Å²) in [6, 6.07) is 0. The van der Waals surface area contributed by atoms with Gasteiger partial charge in [0.05, 0.1) is 5.54 Å². The van der Waals surface area contributed by atoms with Crippen LogP contribution >= 0.6 is 0 Å². The van der Waals surface area contributed by atoms with Crippen molar-refractivity contribution >= 4 is 5.90 Å². The number of rotatable bonds is 16. The summed E-state index contributed by atoms with van der Waals surface area (Å²) in [7, 11) is 0. The summed E-state index contributed by atoms with van der Waals surface area (Å²) in [5.74, 6) is 0.988. The van der Waals surface area contributed by atoms with Gasteiger partial charge in [-0.15, -0.1) is 0 Å². The lowest BCUT2D eigenvalue weighted by Gasteiger charge is -2.07. The molecule has 0 amide bonds. The number of hydrogen-bond donors (Lipinski definition) is 0. The molecule has 1 aliphatic heterocycles. The van der Waals surface area contributed by atoms with Crippen molar-refractivity contribution in [2.45, 2.75) is 123 Å². The number of aliphatic imine (C=N–C) groups is 1. The standard InChI is InChI=1S/C23H43NO/c1-4-5-6-7-8-9-10-11-12-13-14-15-16-17-18-19-20-22-24-23(2,3)21-25-22/h10-11H,4-9,12-21H2,1-3H3/b11-10-. The molecule has 0 unspecified atom stereocenters. The molecule has 0 spiro atoms. The van der Waals surface area contributed by atoms with Gasteiger partial charge in [0.2, 0.25) is 0 Å². The van der Waals surface area contributed by atoms with Crippen molar-refractivity contribution in [3.8, 4) is 0 Å². The minimum Gasteiger partial charge on any atom is -0.478 e. The lowest BCUT2D eigenvalue weighted by molar-refractivity contribution is 0.273. The number of nitrogens with zero attached hydrogens (tertiary/aromatic N) is 1. The minimum absolute atomic E-state index is 0.0127. The Balaban J connectivity index is 1.77. The van der Waals surface area contributed by atoms with Gasteiger partial charge >= 0.3 is 0 Å². The van der Waals surface area contributed by atoms with Gasteiger partial charge in [-0.25, -0.2) is 4.99 Å². The molecule has 0 atom stereocenters. The average molecular weight is 350 g/mol. The molecule has 0 saturated carbocycles. The van der Waals surface area contributed by atoms with Crippen molar-refractivity contribution in [3.05, 3.63) is 12.2 Å². The quantitative estimate of drug-likeness (QED) is 0.207. The van der Waals surface area contributed by atoms with Crippen molar-refractivity contribution < 1.29 is 4.74 Å². The van der Waals surface area contributed by atoms with Crippen LogP contribution in [-0.4, -0.2) is 18.0 Å². The van der Waals surface area contributed by atoms with Crippen molar-refractivity contribution in [2.75, 3.05) is 6.61 Å². The van der Waals surface area contributed by atoms with E-state index in [0.29, 0.717) is 0 Å². The van der Waals surface area contributed by atoms with Crippen LogP contribution in [0.4, 0.5) is 0 Å². The molecule has 0 aromatic carbocycles. The molecular formula is C23H43NO. The first-order valence-electron chi connectivity index (χ1n) is 11.0. The molecule has 1 heterocycles. The molecule has 0 saturated heterocycles. The van der Waals surface area contributed by atoms with Crippen molar-refractivity contribution in [1.82, 2.24) is 0 Å². The Morgan fingerprint density at radius 3 is 1.84 bits per heavy atom. The highest BCUT2D eigenvalue weighted by Crippen LogP contribution is 2.20. The van der Waals surface area contributed by atoms with E-state index in [9.17, 15) is 0 Å². The topological polar surface area (TPSA) is 21.6 Å². The second-order valence-corrected chi connectivity index (χ2v) is 8.29. The van der Waals surface area contributed by atoms with E-state index in [0.717, 1.165) is 18.9 Å². The minimum atomic E-state index is 0.0127. The van der Waals surface area contributed by atoms with Gasteiger partial charge in [-0.2, -0.15) is 0 Å². The molecule has 2 nitrogen and oxygen atoms in total. The molecule has 0 aromatic rings. The summed E-state index contributed by atoms with van der Waals surface area (Å²) >= 11 is 0. The van der Waals surface area contributed by atoms with Crippen LogP contribution in [-0.2, 0) is 4.74 Å². The molecule has 1 aliphatic rings. The van der Waals surface area contributed by atoms with Gasteiger partial charge in [-0.1, -0.05) is 76.9 Å². The second kappa shape index (κ2) is 14.4. The third-order valence-corrected chi connectivity index (χ3v) is 4.92. The van der Waals surface area contributed by atoms with E-state index < -0.39 is 0 Å². The van der Waals surface area contributed by atoms with E-state index in [1.807, 2.05) is 0 Å². The summed E-state index contributed by atoms with van der Waals surface area (Å²) in [5.41, 5.74) is 0.0127. The Kier molecular flexibility index (Phi) is 12.8. The maximum atomic E-state index is 5.64. The molecule has 0 aliphatic carbocycles. The molecule has 2 heteroatoms. The molecule has 0 radical (unpaired) electrons. The lowest BCUT2D eigenvalue weighted by Crippen LogP contribution is -2.17. The number of hydrogen-bond acceptors (Lipinski definition) is 2. The molecule has 0 aromatic heterocycles. The third kappa shape index (κ3) is 13.1. The SMILES string of the molecule is CCCCCCC/C=C\CCCCCCCCCC1=NC(C)(C)CO1. The van der Waals surface area contributed by atoms with Crippen LogP contribution in [0.25, 0.3) is 0 Å². The van der Waals surface area contributed by atoms with Crippen molar-refractivity contribution in [3.63, 3.8) is 0 Å². The highest BCUT2D eigenvalue weighted by Gasteiger charge is 2.25. The van der Waals surface area contributed by atoms with Gasteiger partial charge in [0.1, 0.15) is 6.61 Å². The molecule has 146 valence electrons. The first-order valence-corrected chi connectivity index (χ1v) is 11.0. The Hall–Kier alpha value is -0.790. The van der Waals surface area contributed by atoms with Gasteiger partial charge in [0, 0.05) is 6.42 Å². The zero-order valence-corrected chi connectivity index (χ0v) is 17.3. The maximum Gasteiger partial charge on any atom is 0.183 e. The Morgan fingerprint density at radius 2 is 1.32 bits per heavy atom. The summed E-state index contributed by atoms with van der Waals surface area (Å²) < 4.78 is 5.64. The van der Waals surface area contributed by atoms with E-state index >= 15 is 0 Å². The van der Waals surface area contributed by atoms with Crippen LogP contribution in [0.2, 0.25) is 0 Å². The largest absolute Gasteiger partial charge is 0.478 e. The monoisotopic (exact) mass is 349 g/mol. The summed E-state index contributed by atoms with van der Waals surface area (Å²) in [6.45, 7) is 7.32. The van der Waals surface area contributed by atoms with Gasteiger partial charge in [-0.05, 0) is 46.0 Å². The fraction of sp³-hybridized carbons (Fsp3) is 0.870. The van der Waals surface area contributed by atoms with E-state index in [4.69, 9.17) is 4.74 Å². The normalized spacial score (nSPS) is 16.4. The van der Waals surface area contributed by atoms with Crippen LogP contribution in [0.5, 0.6) is 0 Å². The average Bonchev–Trinajstić information content (AvgIpc) is 2.93. The van der Waals surface area contributed by atoms with Gasteiger partial charge < -0.3 is 4.74 Å². The van der Waals surface area contributed by atoms with Gasteiger partial charge in [0.25, 0.3) is 0 Å². The number of unbranched alkanes of at least 4 members (excludes halogenated alkanes) is 12. The zero-order chi connectivity index (χ0) is 18.2. The van der Waals surface area contributed by atoms with Gasteiger partial charge in [-0.3, -0.25) is 0 Å². The van der Waals surface area contributed by atoms with Crippen LogP contribution in [0.15, 0.2) is 17.1 Å². The van der Waals surface area contributed by atoms with E-state index in [2.05, 4.69) is 37.9 Å². The smallest absolute Gasteiger partial charge is 0.183 e. The highest BCUT2D eigenvalue weighted by atomic mass is 16.5. The molecular weight excluding hydrogens is 306 g/mol. The first-order chi connectivity index (χ1) is 12.1. The second-order valence-electron chi connectivity index (χ2n) is 8.29. The molecule has 0 N–H and O–H groups in total. The molecule has 1 rings (SSSR count). The van der Waals surface area contributed by atoms with Gasteiger partial charge in [0.15, 0.2) is 5.90 Å². The van der Waals surface area contributed by atoms with Crippen LogP contribution in [0, 0.1) is 0 Å². The number of allylic oxidation sites excluding steroid dienone is 2. The fourth-order valence-corrected chi connectivity index (χ4v) is 3.31. The third-order valence-electron chi connectivity index (χ3n) is 4.92. The highest BCUT2D eigenvalue weighted by molar-refractivity contribution is 5.78. The summed E-state index contributed by atoms with van der Waals surface area (Å²) in [4.78, 5) is 4.62. The predicted octanol–water partition coefficient (Wildman–Crippen LogP) is 7.62. The Labute approximate surface area is 157 Å². The fourth-order valence-electron chi connectivity index (χ4n) is 3.31.